The highest BCUT2D eigenvalue weighted by Crippen LogP contribution is 2.68. The van der Waals surface area contributed by atoms with Gasteiger partial charge in [-0.05, 0) is 100 Å². The van der Waals surface area contributed by atoms with E-state index < -0.39 is 5.60 Å². The van der Waals surface area contributed by atoms with Crippen molar-refractivity contribution < 1.29 is 19.1 Å². The molecule has 0 spiro atoms. The van der Waals surface area contributed by atoms with Gasteiger partial charge in [-0.2, -0.15) is 0 Å². The molecule has 34 heavy (non-hydrogen) atoms. The first-order valence-corrected chi connectivity index (χ1v) is 13.9. The third kappa shape index (κ3) is 3.72. The van der Waals surface area contributed by atoms with Gasteiger partial charge in [-0.25, -0.2) is 0 Å². The molecule has 5 aliphatic rings. The zero-order chi connectivity index (χ0) is 24.1. The van der Waals surface area contributed by atoms with Crippen LogP contribution in [0.1, 0.15) is 97.8 Å². The van der Waals surface area contributed by atoms with E-state index in [1.807, 2.05) is 6.08 Å². The first-order chi connectivity index (χ1) is 16.2. The third-order valence-electron chi connectivity index (χ3n) is 11.0. The highest BCUT2D eigenvalue weighted by atomic mass is 16.6. The standard InChI is InChI=1S/C29H43NO4/c1-20(31)34-29(26(33)12-18-30-16-5-4-6-17-30)15-11-25-23-8-7-21-19-22(32)9-13-27(21,2)24(23)10-14-28(25,29)3/h19,23-25H,4-18H2,1-3H3. The summed E-state index contributed by atoms with van der Waals surface area (Å²) in [6.07, 6.45) is 13.5. The Bertz CT molecular complexity index is 889. The van der Waals surface area contributed by atoms with E-state index in [-0.39, 0.29) is 22.6 Å². The lowest BCUT2D eigenvalue weighted by Gasteiger charge is -2.59. The van der Waals surface area contributed by atoms with Crippen molar-refractivity contribution in [3.05, 3.63) is 11.6 Å². The molecule has 0 aromatic carbocycles. The van der Waals surface area contributed by atoms with Crippen molar-refractivity contribution in [1.29, 1.82) is 0 Å². The van der Waals surface area contributed by atoms with Gasteiger partial charge in [0.05, 0.1) is 0 Å². The molecular formula is C29H43NO4. The Hall–Kier alpha value is -1.49. The van der Waals surface area contributed by atoms with Crippen molar-refractivity contribution in [2.24, 2.45) is 28.6 Å². The largest absolute Gasteiger partial charge is 0.451 e. The molecule has 5 heteroatoms. The second kappa shape index (κ2) is 8.87. The normalized spacial score (nSPS) is 42.3. The van der Waals surface area contributed by atoms with Crippen molar-refractivity contribution in [1.82, 2.24) is 4.90 Å². The lowest BCUT2D eigenvalue weighted by Crippen LogP contribution is -2.59. The molecule has 0 aromatic heterocycles. The molecule has 5 rings (SSSR count). The molecule has 0 aromatic rings. The average molecular weight is 470 g/mol. The number of hydrogen-bond donors (Lipinski definition) is 0. The van der Waals surface area contributed by atoms with Crippen LogP contribution >= 0.6 is 0 Å². The molecule has 4 fully saturated rings. The Kier molecular flexibility index (Phi) is 6.32. The summed E-state index contributed by atoms with van der Waals surface area (Å²) in [4.78, 5) is 40.8. The van der Waals surface area contributed by atoms with Crippen LogP contribution in [0.2, 0.25) is 0 Å². The maximum Gasteiger partial charge on any atom is 0.303 e. The molecule has 6 unspecified atom stereocenters. The van der Waals surface area contributed by atoms with E-state index in [1.54, 1.807) is 0 Å². The number of hydrogen-bond acceptors (Lipinski definition) is 5. The van der Waals surface area contributed by atoms with Gasteiger partial charge in [-0.15, -0.1) is 0 Å². The van der Waals surface area contributed by atoms with Crippen molar-refractivity contribution in [2.45, 2.75) is 103 Å². The summed E-state index contributed by atoms with van der Waals surface area (Å²) >= 11 is 0. The van der Waals surface area contributed by atoms with E-state index in [0.717, 1.165) is 58.2 Å². The summed E-state index contributed by atoms with van der Waals surface area (Å²) in [6, 6.07) is 0. The molecule has 1 heterocycles. The van der Waals surface area contributed by atoms with E-state index >= 15 is 0 Å². The molecule has 4 aliphatic carbocycles. The first kappa shape index (κ1) is 24.2. The third-order valence-corrected chi connectivity index (χ3v) is 11.0. The number of ketones is 2. The predicted molar refractivity (Wildman–Crippen MR) is 131 cm³/mol. The number of piperidine rings is 1. The van der Waals surface area contributed by atoms with Gasteiger partial charge in [0, 0.05) is 31.7 Å². The Morgan fingerprint density at radius 3 is 2.47 bits per heavy atom. The molecule has 1 aliphatic heterocycles. The average Bonchev–Trinajstić information content (AvgIpc) is 3.11. The van der Waals surface area contributed by atoms with Crippen LogP contribution in [0.5, 0.6) is 0 Å². The Morgan fingerprint density at radius 1 is 1.00 bits per heavy atom. The number of carbonyl (C=O) groups is 3. The smallest absolute Gasteiger partial charge is 0.303 e. The van der Waals surface area contributed by atoms with E-state index in [1.165, 1.54) is 31.8 Å². The molecule has 6 atom stereocenters. The molecule has 0 radical (unpaired) electrons. The minimum Gasteiger partial charge on any atom is -0.451 e. The summed E-state index contributed by atoms with van der Waals surface area (Å²) in [6.45, 7) is 9.07. The van der Waals surface area contributed by atoms with Crippen LogP contribution in [0.25, 0.3) is 0 Å². The number of likely N-dealkylation sites (tertiary alicyclic amines) is 1. The van der Waals surface area contributed by atoms with Crippen LogP contribution < -0.4 is 0 Å². The number of rotatable bonds is 5. The summed E-state index contributed by atoms with van der Waals surface area (Å²) < 4.78 is 6.14. The number of ether oxygens (including phenoxy) is 1. The van der Waals surface area contributed by atoms with Crippen LogP contribution in [-0.2, 0) is 19.1 Å². The molecule has 0 amide bonds. The van der Waals surface area contributed by atoms with Crippen LogP contribution in [0.15, 0.2) is 11.6 Å². The minimum absolute atomic E-state index is 0.114. The maximum absolute atomic E-state index is 13.9. The number of allylic oxidation sites excluding steroid dienone is 1. The van der Waals surface area contributed by atoms with E-state index in [9.17, 15) is 14.4 Å². The minimum atomic E-state index is -0.968. The number of carbonyl (C=O) groups excluding carboxylic acids is 3. The Morgan fingerprint density at radius 2 is 1.74 bits per heavy atom. The topological polar surface area (TPSA) is 63.7 Å². The molecule has 0 N–H and O–H groups in total. The predicted octanol–water partition coefficient (Wildman–Crippen LogP) is 5.27. The van der Waals surface area contributed by atoms with Crippen LogP contribution in [-0.4, -0.2) is 47.7 Å². The number of nitrogens with zero attached hydrogens (tertiary/aromatic N) is 1. The summed E-state index contributed by atoms with van der Waals surface area (Å²) in [7, 11) is 0. The number of esters is 1. The van der Waals surface area contributed by atoms with Gasteiger partial charge >= 0.3 is 5.97 Å². The van der Waals surface area contributed by atoms with Gasteiger partial charge < -0.3 is 9.64 Å². The zero-order valence-corrected chi connectivity index (χ0v) is 21.5. The van der Waals surface area contributed by atoms with E-state index in [2.05, 4.69) is 18.7 Å². The fourth-order valence-corrected chi connectivity index (χ4v) is 9.13. The SMILES string of the molecule is CC(=O)OC1(C(=O)CCN2CCCCC2)CCC2C3CCC4=CC(=O)CCC4(C)C3CCC21C. The number of fused-ring (bicyclic) bond motifs is 5. The zero-order valence-electron chi connectivity index (χ0n) is 21.5. The van der Waals surface area contributed by atoms with Gasteiger partial charge in [0.2, 0.25) is 0 Å². The molecule has 5 nitrogen and oxygen atoms in total. The fourth-order valence-electron chi connectivity index (χ4n) is 9.13. The quantitative estimate of drug-likeness (QED) is 0.514. The van der Waals surface area contributed by atoms with E-state index in [0.29, 0.717) is 42.8 Å². The summed E-state index contributed by atoms with van der Waals surface area (Å²) in [5.41, 5.74) is 0.226. The highest BCUT2D eigenvalue weighted by Gasteiger charge is 2.68. The van der Waals surface area contributed by atoms with Crippen molar-refractivity contribution >= 4 is 17.5 Å². The number of Topliss-reactive ketones (excluding diaryl/α,β-unsaturated/α-hetero) is 1. The molecule has 1 saturated heterocycles. The second-order valence-electron chi connectivity index (χ2n) is 12.5. The van der Waals surface area contributed by atoms with Crippen LogP contribution in [0.3, 0.4) is 0 Å². The van der Waals surface area contributed by atoms with Crippen molar-refractivity contribution in [3.63, 3.8) is 0 Å². The fraction of sp³-hybridized carbons (Fsp3) is 0.828. The molecule has 3 saturated carbocycles. The molecular weight excluding hydrogens is 426 g/mol. The first-order valence-electron chi connectivity index (χ1n) is 13.9. The van der Waals surface area contributed by atoms with Gasteiger partial charge in [0.25, 0.3) is 0 Å². The van der Waals surface area contributed by atoms with E-state index in [4.69, 9.17) is 4.74 Å². The lowest BCUT2D eigenvalue weighted by molar-refractivity contribution is -0.188. The second-order valence-corrected chi connectivity index (χ2v) is 12.5. The van der Waals surface area contributed by atoms with Gasteiger partial charge in [-0.1, -0.05) is 25.8 Å². The highest BCUT2D eigenvalue weighted by molar-refractivity contribution is 5.92. The Balaban J connectivity index is 1.40. The summed E-state index contributed by atoms with van der Waals surface area (Å²) in [5, 5.41) is 0. The van der Waals surface area contributed by atoms with Crippen LogP contribution in [0.4, 0.5) is 0 Å². The maximum atomic E-state index is 13.9. The van der Waals surface area contributed by atoms with Gasteiger partial charge in [0.15, 0.2) is 17.2 Å². The lowest BCUT2D eigenvalue weighted by atomic mass is 9.46. The van der Waals surface area contributed by atoms with Crippen LogP contribution in [0, 0.1) is 28.6 Å². The van der Waals surface area contributed by atoms with Crippen molar-refractivity contribution in [2.75, 3.05) is 19.6 Å². The van der Waals surface area contributed by atoms with Gasteiger partial charge in [0.1, 0.15) is 0 Å². The Labute approximate surface area is 205 Å². The monoisotopic (exact) mass is 469 g/mol. The molecule has 0 bridgehead atoms. The van der Waals surface area contributed by atoms with Crippen molar-refractivity contribution in [3.8, 4) is 0 Å². The van der Waals surface area contributed by atoms with Gasteiger partial charge in [-0.3, -0.25) is 14.4 Å². The summed E-state index contributed by atoms with van der Waals surface area (Å²) in [5.74, 6) is 1.64. The molecule has 188 valence electrons.